The summed E-state index contributed by atoms with van der Waals surface area (Å²) in [5, 5.41) is 3.08. The van der Waals surface area contributed by atoms with Crippen LogP contribution in [0.1, 0.15) is 0 Å². The van der Waals surface area contributed by atoms with Gasteiger partial charge in [0, 0.05) is 0 Å². The zero-order valence-electron chi connectivity index (χ0n) is 7.99. The zero-order chi connectivity index (χ0) is 15.5. The van der Waals surface area contributed by atoms with Gasteiger partial charge in [-0.3, -0.25) is 0 Å². The van der Waals surface area contributed by atoms with Gasteiger partial charge in [0.05, 0.1) is 0 Å². The van der Waals surface area contributed by atoms with Crippen LogP contribution in [0.15, 0.2) is 12.3 Å². The van der Waals surface area contributed by atoms with Gasteiger partial charge >= 0.3 is 91.2 Å². The quantitative estimate of drug-likeness (QED) is 0.305. The van der Waals surface area contributed by atoms with Crippen molar-refractivity contribution in [2.75, 3.05) is 0 Å². The van der Waals surface area contributed by atoms with Crippen LogP contribution in [-0.4, -0.2) is 25.1 Å². The van der Waals surface area contributed by atoms with Crippen LogP contribution in [0.2, 0.25) is 0 Å². The van der Waals surface area contributed by atoms with Crippen LogP contribution in [0.25, 0.3) is 0 Å². The molecular weight excluding hydrogens is 545 g/mol. The molecule has 117 valence electrons. The summed E-state index contributed by atoms with van der Waals surface area (Å²) in [5.41, 5.74) is 0. The molecule has 0 aliphatic heterocycles. The van der Waals surface area contributed by atoms with Crippen LogP contribution in [0, 0.1) is 0 Å². The molecule has 0 aliphatic rings. The first-order valence-electron chi connectivity index (χ1n) is 3.61. The predicted octanol–water partition coefficient (Wildman–Crippen LogP) is 3.60. The molecule has 0 fully saturated rings. The Labute approximate surface area is 92.4 Å². The van der Waals surface area contributed by atoms with Crippen molar-refractivity contribution in [2.45, 2.75) is 18.1 Å². The fraction of sp³-hybridized carbons (Fsp3) is 0.500. The van der Waals surface area contributed by atoms with Gasteiger partial charge in [0.1, 0.15) is 0 Å². The van der Waals surface area contributed by atoms with Crippen molar-refractivity contribution < 1.29 is 53.7 Å². The van der Waals surface area contributed by atoms with Gasteiger partial charge in [0.15, 0.2) is 0 Å². The van der Waals surface area contributed by atoms with Crippen molar-refractivity contribution >= 4 is 6.93 Å². The molecule has 0 bridgehead atoms. The molecule has 0 saturated carbocycles. The maximum absolute atomic E-state index is 12.3. The summed E-state index contributed by atoms with van der Waals surface area (Å²) >= 11 is 0. The second-order valence-corrected chi connectivity index (χ2v) is 4.53. The van der Waals surface area contributed by atoms with Gasteiger partial charge in [-0.15, -0.1) is 0 Å². The fourth-order valence-corrected chi connectivity index (χ4v) is 1.90. The van der Waals surface area contributed by atoms with Crippen LogP contribution >= 0.6 is 0 Å². The molecule has 19 heavy (non-hydrogen) atoms. The van der Waals surface area contributed by atoms with E-state index in [1.165, 1.54) is 0 Å². The van der Waals surface area contributed by atoms with Gasteiger partial charge in [0.25, 0.3) is 0 Å². The molecule has 0 heterocycles. The topological polar surface area (TPSA) is 18.5 Å². The molecule has 0 aromatic rings. The summed E-state index contributed by atoms with van der Waals surface area (Å²) in [7, 11) is 0. The van der Waals surface area contributed by atoms with E-state index in [1.807, 2.05) is 0 Å². The third kappa shape index (κ3) is 3.82. The number of hydrogen-bond acceptors (Lipinski definition) is 2. The molecule has 0 aliphatic carbocycles. The van der Waals surface area contributed by atoms with Crippen molar-refractivity contribution in [3.05, 3.63) is 12.3 Å². The standard InChI is InChI=1S/C5HF8O2.CF2.Cf/c6-2(7)1-15-3(14,4(8,9)10)5(11,12)13;2-1-3;/h1H;;/q-1;;+1. The number of rotatable bonds is 4. The Morgan fingerprint density at radius 1 is 0.842 bits per heavy atom. The molecule has 0 radical (unpaired) electrons. The van der Waals surface area contributed by atoms with Crippen LogP contribution in [0.5, 0.6) is 0 Å². The Hall–Kier alpha value is -2.33. The number of hydrogen-bond donors (Lipinski definition) is 0. The van der Waals surface area contributed by atoms with Crippen molar-refractivity contribution in [2.24, 2.45) is 0 Å². The van der Waals surface area contributed by atoms with E-state index in [2.05, 4.69) is 9.84 Å². The van der Waals surface area contributed by atoms with Gasteiger partial charge in [-0.2, -0.15) is 0 Å². The third-order valence-electron chi connectivity index (χ3n) is 1.23. The molecule has 0 aromatic carbocycles. The minimum atomic E-state index is -6.39. The summed E-state index contributed by atoms with van der Waals surface area (Å²) < 4.78 is 119. The van der Waals surface area contributed by atoms with E-state index in [0.717, 1.165) is 0 Å². The van der Waals surface area contributed by atoms with Crippen LogP contribution < -0.4 is 0 Å². The normalized spacial score (nSPS) is 12.7. The molecule has 0 amide bonds. The van der Waals surface area contributed by atoms with Crippen molar-refractivity contribution in [3.63, 3.8) is 0 Å². The molecule has 0 rings (SSSR count). The average molecular weight is 546 g/mol. The molecular formula is C6HCfF10O2. The first-order valence-corrected chi connectivity index (χ1v) is 6.00. The Bertz CT molecular complexity index is 325. The zero-order valence-corrected chi connectivity index (χ0v) is 10.6. The number of alkyl halides is 6. The SMILES string of the molecule is FC(F)=COC([O][Cf]=[C](F)F)(C(F)(F)F)C(F)(F)F. The van der Waals surface area contributed by atoms with Crippen LogP contribution in [0.3, 0.4) is 0 Å². The number of ether oxygens (including phenoxy) is 1. The molecule has 0 aromatic heterocycles. The van der Waals surface area contributed by atoms with Gasteiger partial charge in [-0.25, -0.2) is 0 Å². The first kappa shape index (κ1) is 16.7. The van der Waals surface area contributed by atoms with Gasteiger partial charge in [-0.05, 0) is 0 Å². The molecule has 0 unspecified atom stereocenters. The van der Waals surface area contributed by atoms with E-state index in [9.17, 15) is 43.9 Å². The van der Waals surface area contributed by atoms with Crippen LogP contribution in [-0.2, 0) is 9.84 Å². The predicted molar refractivity (Wildman–Crippen MR) is 34.5 cm³/mol. The summed E-state index contributed by atoms with van der Waals surface area (Å²) in [5.74, 6) is -5.55. The van der Waals surface area contributed by atoms with E-state index in [1.54, 1.807) is 0 Å². The summed E-state index contributed by atoms with van der Waals surface area (Å²) in [4.78, 5) is 0. The summed E-state index contributed by atoms with van der Waals surface area (Å²) in [6.07, 6.45) is -17.0. The first-order chi connectivity index (χ1) is 8.33. The van der Waals surface area contributed by atoms with E-state index in [-0.39, 0.29) is 0 Å². The van der Waals surface area contributed by atoms with Crippen molar-refractivity contribution in [1.82, 2.24) is 0 Å². The van der Waals surface area contributed by atoms with E-state index < -0.39 is 37.4 Å². The third-order valence-corrected chi connectivity index (χ3v) is 2.66. The fourth-order valence-electron chi connectivity index (χ4n) is 0.580. The minimum absolute atomic E-state index is 1.17. The van der Waals surface area contributed by atoms with Gasteiger partial charge in [-0.1, -0.05) is 0 Å². The summed E-state index contributed by atoms with van der Waals surface area (Å²) in [6.45, 7) is -2.79. The van der Waals surface area contributed by atoms with E-state index >= 15 is 0 Å². The second-order valence-electron chi connectivity index (χ2n) is 2.46. The van der Waals surface area contributed by atoms with E-state index in [0.29, 0.717) is 0 Å². The van der Waals surface area contributed by atoms with Gasteiger partial charge < -0.3 is 0 Å². The molecule has 13 heteroatoms. The van der Waals surface area contributed by atoms with Crippen molar-refractivity contribution in [1.29, 1.82) is 0 Å². The molecule has 0 atom stereocenters. The van der Waals surface area contributed by atoms with E-state index in [4.69, 9.17) is 0 Å². The Morgan fingerprint density at radius 2 is 1.26 bits per heavy atom. The van der Waals surface area contributed by atoms with Gasteiger partial charge in [0.2, 0.25) is 0 Å². The average Bonchev–Trinajstić information content (AvgIpc) is 2.12. The molecule has 0 N–H and O–H groups in total. The summed E-state index contributed by atoms with van der Waals surface area (Å²) in [6, 6.07) is 0. The monoisotopic (exact) mass is 544 g/mol. The Balaban J connectivity index is 5.75. The Morgan fingerprint density at radius 3 is 1.53 bits per heavy atom. The van der Waals surface area contributed by atoms with Crippen molar-refractivity contribution in [3.8, 4) is 0 Å². The second kappa shape index (κ2) is 5.12. The molecule has 0 spiro atoms. The molecule has 0 saturated heterocycles. The van der Waals surface area contributed by atoms with Crippen LogP contribution in [0.4, 0.5) is 43.9 Å². The Kier molecular flexibility index (Phi) is 4.49. The number of halogens is 10. The molecule has 2 nitrogen and oxygen atoms in total. The maximum atomic E-state index is 12.3.